The molecule has 2 bridgehead atoms. The van der Waals surface area contributed by atoms with Crippen LogP contribution in [-0.2, 0) is 18.9 Å². The summed E-state index contributed by atoms with van der Waals surface area (Å²) in [5, 5.41) is 0. The van der Waals surface area contributed by atoms with Crippen molar-refractivity contribution in [1.82, 2.24) is 0 Å². The van der Waals surface area contributed by atoms with Gasteiger partial charge in [-0.3, -0.25) is 0 Å². The van der Waals surface area contributed by atoms with Crippen LogP contribution in [0.5, 0.6) is 0 Å². The van der Waals surface area contributed by atoms with Gasteiger partial charge in [-0.25, -0.2) is 0 Å². The SMILES string of the molecule is CCC1(COC2C3CCC(C3)C2OCC2(CC)COC2)COC1. The number of hydrogen-bond donors (Lipinski definition) is 0. The van der Waals surface area contributed by atoms with E-state index in [1.165, 1.54) is 19.3 Å². The number of ether oxygens (including phenoxy) is 4. The maximum absolute atomic E-state index is 6.46. The van der Waals surface area contributed by atoms with Gasteiger partial charge in [0.05, 0.1) is 51.8 Å². The summed E-state index contributed by atoms with van der Waals surface area (Å²) in [6.07, 6.45) is 6.88. The summed E-state index contributed by atoms with van der Waals surface area (Å²) in [7, 11) is 0. The Morgan fingerprint density at radius 1 is 0.783 bits per heavy atom. The molecular weight excluding hydrogens is 292 g/mol. The van der Waals surface area contributed by atoms with Crippen LogP contribution in [0, 0.1) is 22.7 Å². The summed E-state index contributed by atoms with van der Waals surface area (Å²) in [6, 6.07) is 0. The Balaban J connectivity index is 1.34. The first kappa shape index (κ1) is 16.3. The highest BCUT2D eigenvalue weighted by molar-refractivity contribution is 5.00. The van der Waals surface area contributed by atoms with Gasteiger partial charge in [-0.1, -0.05) is 13.8 Å². The van der Waals surface area contributed by atoms with Gasteiger partial charge in [0.2, 0.25) is 0 Å². The Morgan fingerprint density at radius 2 is 1.22 bits per heavy atom. The van der Waals surface area contributed by atoms with Crippen molar-refractivity contribution in [2.24, 2.45) is 22.7 Å². The number of fused-ring (bicyclic) bond motifs is 2. The Labute approximate surface area is 140 Å². The molecular formula is C19H32O4. The Bertz CT molecular complexity index is 367. The zero-order chi connectivity index (χ0) is 15.9. The molecule has 2 aliphatic heterocycles. The molecule has 4 unspecified atom stereocenters. The second-order valence-electron chi connectivity index (χ2n) is 8.58. The minimum absolute atomic E-state index is 0.277. The lowest BCUT2D eigenvalue weighted by molar-refractivity contribution is -0.202. The van der Waals surface area contributed by atoms with Gasteiger partial charge in [0, 0.05) is 10.8 Å². The lowest BCUT2D eigenvalue weighted by atomic mass is 9.83. The maximum Gasteiger partial charge on any atom is 0.0867 e. The van der Waals surface area contributed by atoms with Crippen LogP contribution >= 0.6 is 0 Å². The van der Waals surface area contributed by atoms with Crippen LogP contribution < -0.4 is 0 Å². The predicted octanol–water partition coefficient (Wildman–Crippen LogP) is 3.04. The van der Waals surface area contributed by atoms with E-state index < -0.39 is 0 Å². The van der Waals surface area contributed by atoms with Gasteiger partial charge in [0.25, 0.3) is 0 Å². The molecule has 0 aromatic carbocycles. The second-order valence-corrected chi connectivity index (χ2v) is 8.58. The number of rotatable bonds is 8. The van der Waals surface area contributed by atoms with Gasteiger partial charge >= 0.3 is 0 Å². The molecule has 0 N–H and O–H groups in total. The summed E-state index contributed by atoms with van der Waals surface area (Å²) in [5.74, 6) is 1.44. The molecule has 4 rings (SSSR count). The highest BCUT2D eigenvalue weighted by Gasteiger charge is 2.51. The average Bonchev–Trinajstić information content (AvgIpc) is 3.08. The van der Waals surface area contributed by atoms with Crippen LogP contribution in [0.3, 0.4) is 0 Å². The van der Waals surface area contributed by atoms with E-state index in [0.717, 1.165) is 64.3 Å². The van der Waals surface area contributed by atoms with E-state index in [0.29, 0.717) is 12.2 Å². The molecule has 4 heteroatoms. The molecule has 4 atom stereocenters. The van der Waals surface area contributed by atoms with E-state index in [-0.39, 0.29) is 10.8 Å². The molecule has 2 saturated carbocycles. The molecule has 0 amide bonds. The van der Waals surface area contributed by atoms with Crippen LogP contribution in [0.15, 0.2) is 0 Å². The van der Waals surface area contributed by atoms with Gasteiger partial charge in [-0.2, -0.15) is 0 Å². The van der Waals surface area contributed by atoms with E-state index in [2.05, 4.69) is 13.8 Å². The molecule has 132 valence electrons. The third-order valence-corrected chi connectivity index (χ3v) is 7.06. The van der Waals surface area contributed by atoms with Gasteiger partial charge in [0.15, 0.2) is 0 Å². The van der Waals surface area contributed by atoms with Gasteiger partial charge in [-0.15, -0.1) is 0 Å². The topological polar surface area (TPSA) is 36.9 Å². The van der Waals surface area contributed by atoms with Crippen LogP contribution in [0.1, 0.15) is 46.0 Å². The molecule has 4 fully saturated rings. The molecule has 0 aromatic heterocycles. The fourth-order valence-corrected chi connectivity index (χ4v) is 4.75. The van der Waals surface area contributed by atoms with Crippen molar-refractivity contribution in [1.29, 1.82) is 0 Å². The van der Waals surface area contributed by atoms with Crippen molar-refractivity contribution >= 4 is 0 Å². The van der Waals surface area contributed by atoms with Crippen molar-refractivity contribution in [2.45, 2.75) is 58.2 Å². The minimum Gasteiger partial charge on any atom is -0.380 e. The highest BCUT2D eigenvalue weighted by atomic mass is 16.6. The molecule has 4 aliphatic rings. The predicted molar refractivity (Wildman–Crippen MR) is 87.4 cm³/mol. The first-order valence-corrected chi connectivity index (χ1v) is 9.58. The van der Waals surface area contributed by atoms with Gasteiger partial charge < -0.3 is 18.9 Å². The van der Waals surface area contributed by atoms with Crippen LogP contribution in [-0.4, -0.2) is 51.8 Å². The van der Waals surface area contributed by atoms with Crippen LogP contribution in [0.4, 0.5) is 0 Å². The maximum atomic E-state index is 6.46. The van der Waals surface area contributed by atoms with Crippen LogP contribution in [0.25, 0.3) is 0 Å². The molecule has 23 heavy (non-hydrogen) atoms. The zero-order valence-electron chi connectivity index (χ0n) is 14.7. The Hall–Kier alpha value is -0.160. The van der Waals surface area contributed by atoms with Gasteiger partial charge in [-0.05, 0) is 43.9 Å². The smallest absolute Gasteiger partial charge is 0.0867 e. The Morgan fingerprint density at radius 3 is 1.52 bits per heavy atom. The van der Waals surface area contributed by atoms with E-state index in [9.17, 15) is 0 Å². The first-order valence-electron chi connectivity index (χ1n) is 9.58. The second kappa shape index (κ2) is 6.29. The van der Waals surface area contributed by atoms with E-state index in [1.54, 1.807) is 0 Å². The average molecular weight is 324 g/mol. The van der Waals surface area contributed by atoms with Crippen molar-refractivity contribution < 1.29 is 18.9 Å². The molecule has 0 radical (unpaired) electrons. The van der Waals surface area contributed by atoms with Crippen molar-refractivity contribution in [3.05, 3.63) is 0 Å². The molecule has 2 heterocycles. The summed E-state index contributed by atoms with van der Waals surface area (Å²) < 4.78 is 23.8. The van der Waals surface area contributed by atoms with E-state index in [1.807, 2.05) is 0 Å². The molecule has 2 saturated heterocycles. The number of hydrogen-bond acceptors (Lipinski definition) is 4. The van der Waals surface area contributed by atoms with E-state index >= 15 is 0 Å². The summed E-state index contributed by atoms with van der Waals surface area (Å²) >= 11 is 0. The molecule has 4 nitrogen and oxygen atoms in total. The van der Waals surface area contributed by atoms with E-state index in [4.69, 9.17) is 18.9 Å². The highest BCUT2D eigenvalue weighted by Crippen LogP contribution is 2.49. The summed E-state index contributed by atoms with van der Waals surface area (Å²) in [4.78, 5) is 0. The summed E-state index contributed by atoms with van der Waals surface area (Å²) in [6.45, 7) is 9.67. The van der Waals surface area contributed by atoms with Gasteiger partial charge in [0.1, 0.15) is 0 Å². The van der Waals surface area contributed by atoms with Crippen molar-refractivity contribution in [2.75, 3.05) is 39.6 Å². The minimum atomic E-state index is 0.277. The van der Waals surface area contributed by atoms with Crippen molar-refractivity contribution in [3.63, 3.8) is 0 Å². The molecule has 0 aromatic rings. The third-order valence-electron chi connectivity index (χ3n) is 7.06. The lowest BCUT2D eigenvalue weighted by Crippen LogP contribution is -2.50. The normalized spacial score (nSPS) is 39.9. The summed E-state index contributed by atoms with van der Waals surface area (Å²) in [5.41, 5.74) is 0.553. The van der Waals surface area contributed by atoms with Crippen LogP contribution in [0.2, 0.25) is 0 Å². The zero-order valence-corrected chi connectivity index (χ0v) is 14.7. The largest absolute Gasteiger partial charge is 0.380 e. The fourth-order valence-electron chi connectivity index (χ4n) is 4.75. The quantitative estimate of drug-likeness (QED) is 0.688. The molecule has 2 aliphatic carbocycles. The lowest BCUT2D eigenvalue weighted by Gasteiger charge is -2.44. The molecule has 0 spiro atoms. The Kier molecular flexibility index (Phi) is 4.46. The first-order chi connectivity index (χ1) is 11.2. The third kappa shape index (κ3) is 2.86. The fraction of sp³-hybridized carbons (Fsp3) is 1.00. The van der Waals surface area contributed by atoms with Crippen molar-refractivity contribution in [3.8, 4) is 0 Å². The standard InChI is InChI=1S/C19H32O4/c1-3-18(8-20-9-18)12-22-16-14-5-6-15(7-14)17(16)23-13-19(4-2)10-21-11-19/h14-17H,3-13H2,1-2H3. The monoisotopic (exact) mass is 324 g/mol.